The highest BCUT2D eigenvalue weighted by Gasteiger charge is 2.32. The summed E-state index contributed by atoms with van der Waals surface area (Å²) >= 11 is 1.30. The number of nitrogens with zero attached hydrogens (tertiary/aromatic N) is 1. The van der Waals surface area contributed by atoms with Gasteiger partial charge in [0.1, 0.15) is 0 Å². The number of nitro benzene ring substituents is 1. The summed E-state index contributed by atoms with van der Waals surface area (Å²) in [5.74, 6) is -0.244. The summed E-state index contributed by atoms with van der Waals surface area (Å²) in [6.07, 6.45) is 0.604. The van der Waals surface area contributed by atoms with Crippen molar-refractivity contribution in [2.24, 2.45) is 0 Å². The normalized spacial score (nSPS) is 15.8. The first-order chi connectivity index (χ1) is 12.4. The van der Waals surface area contributed by atoms with Crippen LogP contribution in [0.5, 0.6) is 0 Å². The highest BCUT2D eigenvalue weighted by atomic mass is 32.1. The molecule has 1 aromatic carbocycles. The van der Waals surface area contributed by atoms with Crippen molar-refractivity contribution in [1.82, 2.24) is 15.3 Å². The Labute approximate surface area is 148 Å². The number of thiophene rings is 1. The van der Waals surface area contributed by atoms with E-state index >= 15 is 0 Å². The van der Waals surface area contributed by atoms with Crippen LogP contribution in [0.1, 0.15) is 20.8 Å². The molecule has 2 heterocycles. The number of rotatable bonds is 3. The molecule has 0 saturated heterocycles. The molecule has 0 saturated carbocycles. The lowest BCUT2D eigenvalue weighted by Crippen LogP contribution is -2.35. The molecule has 1 atom stereocenters. The topological polar surface area (TPSA) is 138 Å². The van der Waals surface area contributed by atoms with Crippen LogP contribution in [0.25, 0.3) is 11.0 Å². The first-order valence-electron chi connectivity index (χ1n) is 7.74. The highest BCUT2D eigenvalue weighted by molar-refractivity contribution is 7.12. The third-order valence-corrected chi connectivity index (χ3v) is 5.27. The number of nitrogens with one attached hydrogen (secondary N) is 3. The van der Waals surface area contributed by atoms with Crippen LogP contribution in [0.15, 0.2) is 33.2 Å². The first kappa shape index (κ1) is 16.2. The van der Waals surface area contributed by atoms with Crippen molar-refractivity contribution in [1.29, 1.82) is 0 Å². The van der Waals surface area contributed by atoms with Crippen LogP contribution in [0, 0.1) is 10.1 Å². The van der Waals surface area contributed by atoms with Crippen molar-refractivity contribution in [2.45, 2.75) is 18.9 Å². The average molecular weight is 372 g/mol. The van der Waals surface area contributed by atoms with Gasteiger partial charge in [0.15, 0.2) is 0 Å². The van der Waals surface area contributed by atoms with Crippen molar-refractivity contribution in [3.8, 4) is 0 Å². The van der Waals surface area contributed by atoms with E-state index in [2.05, 4.69) is 15.3 Å². The second-order valence-corrected chi connectivity index (χ2v) is 6.94. The van der Waals surface area contributed by atoms with Gasteiger partial charge in [-0.1, -0.05) is 6.07 Å². The summed E-state index contributed by atoms with van der Waals surface area (Å²) in [7, 11) is 0. The lowest BCUT2D eigenvalue weighted by Gasteiger charge is -2.10. The third kappa shape index (κ3) is 2.60. The van der Waals surface area contributed by atoms with Crippen LogP contribution in [0.4, 0.5) is 5.69 Å². The van der Waals surface area contributed by atoms with Gasteiger partial charge in [0.2, 0.25) is 0 Å². The molecule has 3 aromatic rings. The number of aromatic nitrogens is 2. The van der Waals surface area contributed by atoms with E-state index in [0.29, 0.717) is 27.9 Å². The van der Waals surface area contributed by atoms with E-state index in [0.717, 1.165) is 0 Å². The number of aromatic amines is 2. The van der Waals surface area contributed by atoms with Gasteiger partial charge in [-0.25, -0.2) is 0 Å². The van der Waals surface area contributed by atoms with Gasteiger partial charge >= 0.3 is 11.1 Å². The number of benzene rings is 1. The van der Waals surface area contributed by atoms with Crippen LogP contribution in [0.2, 0.25) is 0 Å². The van der Waals surface area contributed by atoms with Gasteiger partial charge in [-0.15, -0.1) is 11.3 Å². The maximum Gasteiger partial charge on any atom is 0.314 e. The van der Waals surface area contributed by atoms with E-state index < -0.39 is 16.0 Å². The largest absolute Gasteiger partial charge is 0.348 e. The molecule has 0 radical (unpaired) electrons. The minimum absolute atomic E-state index is 0.136. The van der Waals surface area contributed by atoms with E-state index in [9.17, 15) is 24.5 Å². The zero-order chi connectivity index (χ0) is 18.4. The molecule has 0 bridgehead atoms. The molecule has 9 nitrogen and oxygen atoms in total. The molecule has 1 aliphatic carbocycles. The Morgan fingerprint density at radius 3 is 2.65 bits per heavy atom. The Morgan fingerprint density at radius 1 is 1.23 bits per heavy atom. The van der Waals surface area contributed by atoms with E-state index in [-0.39, 0.29) is 29.6 Å². The molecule has 0 unspecified atom stereocenters. The van der Waals surface area contributed by atoms with Gasteiger partial charge < -0.3 is 15.3 Å². The number of carbonyl (C=O) groups is 1. The molecule has 10 heteroatoms. The lowest BCUT2D eigenvalue weighted by molar-refractivity contribution is -0.385. The summed E-state index contributed by atoms with van der Waals surface area (Å²) < 4.78 is 0. The molecular formula is C16H12N4O5S. The van der Waals surface area contributed by atoms with Crippen LogP contribution < -0.4 is 16.4 Å². The zero-order valence-electron chi connectivity index (χ0n) is 13.2. The van der Waals surface area contributed by atoms with Crippen LogP contribution >= 0.6 is 11.3 Å². The monoisotopic (exact) mass is 372 g/mol. The summed E-state index contributed by atoms with van der Waals surface area (Å²) in [6, 6.07) is 4.37. The second-order valence-electron chi connectivity index (χ2n) is 6.00. The molecule has 132 valence electrons. The van der Waals surface area contributed by atoms with Gasteiger partial charge in [-0.2, -0.15) is 0 Å². The number of hydrogen-bond donors (Lipinski definition) is 3. The van der Waals surface area contributed by atoms with E-state index in [1.807, 2.05) is 0 Å². The number of carbonyl (C=O) groups excluding carboxylic acids is 1. The van der Waals surface area contributed by atoms with Gasteiger partial charge in [0.25, 0.3) is 11.6 Å². The highest BCUT2D eigenvalue weighted by Crippen LogP contribution is 2.35. The maximum absolute atomic E-state index is 12.3. The van der Waals surface area contributed by atoms with Crippen LogP contribution in [-0.2, 0) is 12.8 Å². The number of hydrogen-bond acceptors (Lipinski definition) is 6. The van der Waals surface area contributed by atoms with Crippen molar-refractivity contribution < 1.29 is 9.72 Å². The predicted octanol–water partition coefficient (Wildman–Crippen LogP) is 1.08. The number of amides is 1. The van der Waals surface area contributed by atoms with Crippen molar-refractivity contribution >= 4 is 34.0 Å². The first-order valence-corrected chi connectivity index (χ1v) is 8.62. The maximum atomic E-state index is 12.3. The van der Waals surface area contributed by atoms with Crippen molar-refractivity contribution in [3.63, 3.8) is 0 Å². The Balaban J connectivity index is 1.77. The molecule has 0 aliphatic heterocycles. The molecule has 26 heavy (non-hydrogen) atoms. The van der Waals surface area contributed by atoms with E-state index in [4.69, 9.17) is 0 Å². The Kier molecular flexibility index (Phi) is 3.69. The van der Waals surface area contributed by atoms with Crippen molar-refractivity contribution in [2.75, 3.05) is 0 Å². The van der Waals surface area contributed by atoms with Gasteiger partial charge in [0.05, 0.1) is 20.8 Å². The van der Waals surface area contributed by atoms with Crippen LogP contribution in [-0.4, -0.2) is 26.8 Å². The fourth-order valence-corrected chi connectivity index (χ4v) is 3.93. The van der Waals surface area contributed by atoms with Crippen molar-refractivity contribution in [3.05, 3.63) is 70.4 Å². The molecule has 0 spiro atoms. The summed E-state index contributed by atoms with van der Waals surface area (Å²) in [6.45, 7) is 0. The zero-order valence-corrected chi connectivity index (χ0v) is 14.0. The summed E-state index contributed by atoms with van der Waals surface area (Å²) in [5, 5.41) is 16.1. The standard InChI is InChI=1S/C16H12N4O5S/c21-14(12-2-1-3-26-12)17-7-4-8-9(5-7)13-10(6-11(8)20(24)25)18-15(22)16(23)19-13/h1-3,6-7H,4-5H2,(H,17,21)(H,18,22)(H,19,23)/t7-/m1/s1. The molecular weight excluding hydrogens is 360 g/mol. The predicted molar refractivity (Wildman–Crippen MR) is 94.8 cm³/mol. The Hall–Kier alpha value is -3.27. The van der Waals surface area contributed by atoms with Gasteiger partial charge in [0, 0.05) is 24.1 Å². The molecule has 1 aliphatic rings. The minimum atomic E-state index is -0.868. The quantitative estimate of drug-likeness (QED) is 0.359. The Bertz CT molecular complexity index is 1160. The summed E-state index contributed by atoms with van der Waals surface area (Å²) in [5.41, 5.74) is -0.232. The van der Waals surface area contributed by atoms with E-state index in [1.165, 1.54) is 17.4 Å². The minimum Gasteiger partial charge on any atom is -0.348 e. The molecule has 1 amide bonds. The molecule has 0 fully saturated rings. The number of nitro groups is 1. The smallest absolute Gasteiger partial charge is 0.314 e. The fraction of sp³-hybridized carbons (Fsp3) is 0.188. The fourth-order valence-electron chi connectivity index (χ4n) is 3.30. The SMILES string of the molecule is O=C(N[C@@H]1Cc2c([N+](=O)[O-])cc3[nH]c(=O)c(=O)[nH]c3c2C1)c1cccs1. The number of fused-ring (bicyclic) bond motifs is 3. The molecule has 2 aromatic heterocycles. The number of H-pyrrole nitrogens is 2. The average Bonchev–Trinajstić information content (AvgIpc) is 3.24. The van der Waals surface area contributed by atoms with Gasteiger partial charge in [-0.05, 0) is 23.4 Å². The van der Waals surface area contributed by atoms with Crippen LogP contribution in [0.3, 0.4) is 0 Å². The van der Waals surface area contributed by atoms with Gasteiger partial charge in [-0.3, -0.25) is 24.5 Å². The third-order valence-electron chi connectivity index (χ3n) is 4.40. The Morgan fingerprint density at radius 2 is 1.96 bits per heavy atom. The van der Waals surface area contributed by atoms with E-state index in [1.54, 1.807) is 17.5 Å². The molecule has 4 rings (SSSR count). The molecule has 3 N–H and O–H groups in total. The summed E-state index contributed by atoms with van der Waals surface area (Å²) in [4.78, 5) is 51.8. The lowest BCUT2D eigenvalue weighted by atomic mass is 10.1. The second kappa shape index (κ2) is 5.92.